The number of anilines is 1. The first kappa shape index (κ1) is 17.3. The molecular formula is C18H16N4O4. The number of hydrogen-bond donors (Lipinski definition) is 1. The van der Waals surface area contributed by atoms with E-state index in [9.17, 15) is 14.4 Å². The van der Waals surface area contributed by atoms with Crippen molar-refractivity contribution in [2.75, 3.05) is 12.0 Å². The van der Waals surface area contributed by atoms with Crippen molar-refractivity contribution in [2.45, 2.75) is 13.8 Å². The van der Waals surface area contributed by atoms with Crippen LogP contribution in [0.25, 0.3) is 11.3 Å². The Bertz CT molecular complexity index is 909. The topological polar surface area (TPSA) is 101 Å². The van der Waals surface area contributed by atoms with Crippen LogP contribution in [0, 0.1) is 0 Å². The number of esters is 1. The molecule has 2 aromatic rings. The molecule has 1 aliphatic heterocycles. The third-order valence-corrected chi connectivity index (χ3v) is 3.64. The maximum atomic E-state index is 12.2. The third-order valence-electron chi connectivity index (χ3n) is 3.64. The normalized spacial score (nSPS) is 13.6. The molecule has 2 heterocycles. The van der Waals surface area contributed by atoms with Gasteiger partial charge in [-0.15, -0.1) is 0 Å². The second kappa shape index (κ2) is 7.14. The molecule has 3 rings (SSSR count). The van der Waals surface area contributed by atoms with Crippen molar-refractivity contribution >= 4 is 23.7 Å². The Labute approximate surface area is 149 Å². The highest BCUT2D eigenvalue weighted by Gasteiger charge is 2.29. The average Bonchev–Trinajstić information content (AvgIpc) is 2.88. The fraction of sp³-hybridized carbons (Fsp3) is 0.167. The fourth-order valence-corrected chi connectivity index (χ4v) is 2.40. The van der Waals surface area contributed by atoms with Crippen LogP contribution in [0.5, 0.6) is 0 Å². The Kier molecular flexibility index (Phi) is 4.74. The van der Waals surface area contributed by atoms with E-state index in [-0.39, 0.29) is 18.1 Å². The van der Waals surface area contributed by atoms with Crippen molar-refractivity contribution in [3.8, 4) is 11.3 Å². The van der Waals surface area contributed by atoms with Gasteiger partial charge >= 0.3 is 5.97 Å². The van der Waals surface area contributed by atoms with E-state index in [0.29, 0.717) is 16.8 Å². The van der Waals surface area contributed by atoms with Gasteiger partial charge in [0.05, 0.1) is 12.3 Å². The van der Waals surface area contributed by atoms with Crippen LogP contribution in [0.1, 0.15) is 24.2 Å². The maximum Gasteiger partial charge on any atom is 0.341 e. The smallest absolute Gasteiger partial charge is 0.341 e. The zero-order valence-corrected chi connectivity index (χ0v) is 14.2. The Hall–Kier alpha value is -3.55. The number of carbonyl (C=O) groups excluding carboxylic acids is 3. The Morgan fingerprint density at radius 3 is 2.58 bits per heavy atom. The number of hydrazine groups is 1. The van der Waals surface area contributed by atoms with Crippen LogP contribution < -0.4 is 5.43 Å². The van der Waals surface area contributed by atoms with Crippen LogP contribution in [0.3, 0.4) is 0 Å². The van der Waals surface area contributed by atoms with Crippen LogP contribution in [0.15, 0.2) is 48.2 Å². The number of hydrogen-bond acceptors (Lipinski definition) is 7. The molecule has 0 atom stereocenters. The summed E-state index contributed by atoms with van der Waals surface area (Å²) >= 11 is 0. The van der Waals surface area contributed by atoms with Crippen molar-refractivity contribution in [2.24, 2.45) is 0 Å². The SMILES string of the molecule is CCOC(=O)c1cnc(NN2C(=O)C=C(C)C2=O)nc1-c1ccccc1. The van der Waals surface area contributed by atoms with Crippen LogP contribution in [-0.4, -0.2) is 39.4 Å². The lowest BCUT2D eigenvalue weighted by Gasteiger charge is -2.16. The first-order valence-electron chi connectivity index (χ1n) is 7.94. The number of amides is 2. The number of benzene rings is 1. The third kappa shape index (κ3) is 3.30. The summed E-state index contributed by atoms with van der Waals surface area (Å²) in [6.45, 7) is 3.47. The highest BCUT2D eigenvalue weighted by molar-refractivity contribution is 6.16. The number of nitrogens with one attached hydrogen (secondary N) is 1. The van der Waals surface area contributed by atoms with Gasteiger partial charge in [-0.25, -0.2) is 14.8 Å². The van der Waals surface area contributed by atoms with Crippen LogP contribution in [0.2, 0.25) is 0 Å². The van der Waals surface area contributed by atoms with Crippen molar-refractivity contribution < 1.29 is 19.1 Å². The lowest BCUT2D eigenvalue weighted by molar-refractivity contribution is -0.135. The molecule has 132 valence electrons. The second-order valence-electron chi connectivity index (χ2n) is 5.46. The van der Waals surface area contributed by atoms with Gasteiger partial charge in [0.2, 0.25) is 5.95 Å². The highest BCUT2D eigenvalue weighted by Crippen LogP contribution is 2.23. The molecule has 0 aliphatic carbocycles. The minimum Gasteiger partial charge on any atom is -0.462 e. The fourth-order valence-electron chi connectivity index (χ4n) is 2.40. The molecule has 0 fully saturated rings. The average molecular weight is 352 g/mol. The first-order valence-corrected chi connectivity index (χ1v) is 7.94. The highest BCUT2D eigenvalue weighted by atomic mass is 16.5. The maximum absolute atomic E-state index is 12.2. The van der Waals surface area contributed by atoms with E-state index in [1.165, 1.54) is 12.3 Å². The van der Waals surface area contributed by atoms with Gasteiger partial charge in [-0.3, -0.25) is 15.0 Å². The summed E-state index contributed by atoms with van der Waals surface area (Å²) < 4.78 is 5.05. The quantitative estimate of drug-likeness (QED) is 0.648. The summed E-state index contributed by atoms with van der Waals surface area (Å²) in [4.78, 5) is 44.4. The van der Waals surface area contributed by atoms with Crippen LogP contribution in [0.4, 0.5) is 5.95 Å². The summed E-state index contributed by atoms with van der Waals surface area (Å²) in [5.74, 6) is -1.52. The number of ether oxygens (including phenoxy) is 1. The number of nitrogens with zero attached hydrogens (tertiary/aromatic N) is 3. The predicted molar refractivity (Wildman–Crippen MR) is 92.7 cm³/mol. The number of aromatic nitrogens is 2. The standard InChI is InChI=1S/C18H16N4O4/c1-3-26-17(25)13-10-19-18(20-15(13)12-7-5-4-6-8-12)21-22-14(23)9-11(2)16(22)24/h4-10H,3H2,1-2H3,(H,19,20,21). The monoisotopic (exact) mass is 352 g/mol. The van der Waals surface area contributed by atoms with Gasteiger partial charge in [0.15, 0.2) is 0 Å². The predicted octanol–water partition coefficient (Wildman–Crippen LogP) is 1.96. The van der Waals surface area contributed by atoms with Gasteiger partial charge in [0, 0.05) is 23.4 Å². The van der Waals surface area contributed by atoms with Crippen LogP contribution in [-0.2, 0) is 14.3 Å². The summed E-state index contributed by atoms with van der Waals surface area (Å²) in [7, 11) is 0. The van der Waals surface area contributed by atoms with Crippen molar-refractivity contribution in [1.82, 2.24) is 15.0 Å². The molecule has 1 aliphatic rings. The van der Waals surface area contributed by atoms with E-state index in [0.717, 1.165) is 5.01 Å². The molecule has 26 heavy (non-hydrogen) atoms. The molecule has 0 unspecified atom stereocenters. The number of imide groups is 1. The van der Waals surface area contributed by atoms with E-state index < -0.39 is 17.8 Å². The molecule has 0 spiro atoms. The molecule has 1 N–H and O–H groups in total. The molecular weight excluding hydrogens is 336 g/mol. The second-order valence-corrected chi connectivity index (χ2v) is 5.46. The summed E-state index contributed by atoms with van der Waals surface area (Å²) in [6.07, 6.45) is 2.53. The van der Waals surface area contributed by atoms with Crippen molar-refractivity contribution in [3.05, 3.63) is 53.7 Å². The summed E-state index contributed by atoms with van der Waals surface area (Å²) in [5.41, 5.74) is 4.11. The number of rotatable bonds is 5. The Morgan fingerprint density at radius 2 is 1.96 bits per heavy atom. The minimum absolute atomic E-state index is 0.0155. The lowest BCUT2D eigenvalue weighted by Crippen LogP contribution is -2.37. The van der Waals surface area contributed by atoms with Gasteiger partial charge in [-0.1, -0.05) is 30.3 Å². The van der Waals surface area contributed by atoms with Gasteiger partial charge < -0.3 is 4.74 Å². The lowest BCUT2D eigenvalue weighted by atomic mass is 10.1. The first-order chi connectivity index (χ1) is 12.5. The van der Waals surface area contributed by atoms with Gasteiger partial charge in [-0.2, -0.15) is 5.01 Å². The summed E-state index contributed by atoms with van der Waals surface area (Å²) in [6, 6.07) is 9.02. The minimum atomic E-state index is -0.552. The zero-order chi connectivity index (χ0) is 18.7. The van der Waals surface area contributed by atoms with E-state index in [4.69, 9.17) is 4.74 Å². The van der Waals surface area contributed by atoms with E-state index in [1.807, 2.05) is 6.07 Å². The molecule has 2 amide bonds. The molecule has 0 saturated carbocycles. The van der Waals surface area contributed by atoms with Crippen molar-refractivity contribution in [3.63, 3.8) is 0 Å². The van der Waals surface area contributed by atoms with E-state index in [2.05, 4.69) is 15.4 Å². The molecule has 0 bridgehead atoms. The molecule has 1 aromatic carbocycles. The van der Waals surface area contributed by atoms with Crippen LogP contribution >= 0.6 is 0 Å². The van der Waals surface area contributed by atoms with Crippen molar-refractivity contribution in [1.29, 1.82) is 0 Å². The molecule has 0 saturated heterocycles. The molecule has 8 heteroatoms. The Balaban J connectivity index is 1.98. The Morgan fingerprint density at radius 1 is 1.23 bits per heavy atom. The molecule has 8 nitrogen and oxygen atoms in total. The van der Waals surface area contributed by atoms with E-state index >= 15 is 0 Å². The zero-order valence-electron chi connectivity index (χ0n) is 14.2. The largest absolute Gasteiger partial charge is 0.462 e. The molecule has 0 radical (unpaired) electrons. The van der Waals surface area contributed by atoms with Gasteiger partial charge in [0.25, 0.3) is 11.8 Å². The summed E-state index contributed by atoms with van der Waals surface area (Å²) in [5, 5.41) is 0.823. The van der Waals surface area contributed by atoms with Gasteiger partial charge in [-0.05, 0) is 13.8 Å². The molecule has 1 aromatic heterocycles. The number of carbonyl (C=O) groups is 3. The van der Waals surface area contributed by atoms with Gasteiger partial charge in [0.1, 0.15) is 5.56 Å². The van der Waals surface area contributed by atoms with E-state index in [1.54, 1.807) is 38.1 Å².